The van der Waals surface area contributed by atoms with Crippen LogP contribution in [0.3, 0.4) is 0 Å². The summed E-state index contributed by atoms with van der Waals surface area (Å²) in [5.74, 6) is 0.355. The number of nitrogens with zero attached hydrogens (tertiary/aromatic N) is 1. The number of hydrogen-bond donors (Lipinski definition) is 1. The third-order valence-corrected chi connectivity index (χ3v) is 3.36. The van der Waals surface area contributed by atoms with Gasteiger partial charge in [0.15, 0.2) is 0 Å². The van der Waals surface area contributed by atoms with Crippen molar-refractivity contribution in [1.29, 1.82) is 0 Å². The monoisotopic (exact) mass is 242 g/mol. The number of anilines is 1. The molecule has 0 heterocycles. The molecule has 4 heteroatoms. The lowest BCUT2D eigenvalue weighted by atomic mass is 9.80. The van der Waals surface area contributed by atoms with Gasteiger partial charge in [0.25, 0.3) is 0 Å². The van der Waals surface area contributed by atoms with E-state index in [4.69, 9.17) is 17.3 Å². The summed E-state index contributed by atoms with van der Waals surface area (Å²) in [6, 6.07) is 4.96. The van der Waals surface area contributed by atoms with Crippen LogP contribution in [0.15, 0.2) is 18.2 Å². The molecular weight excluding hydrogens is 227 g/mol. The van der Waals surface area contributed by atoms with E-state index < -0.39 is 0 Å². The molecule has 1 aromatic carbocycles. The summed E-state index contributed by atoms with van der Waals surface area (Å²) in [4.78, 5) is 1.91. The maximum atomic E-state index is 13.5. The second kappa shape index (κ2) is 4.60. The number of rotatable bonds is 3. The third kappa shape index (κ3) is 2.47. The van der Waals surface area contributed by atoms with Gasteiger partial charge in [-0.05, 0) is 37.0 Å². The van der Waals surface area contributed by atoms with Crippen LogP contribution in [-0.2, 0) is 0 Å². The summed E-state index contributed by atoms with van der Waals surface area (Å²) in [5, 5.41) is 0.563. The maximum Gasteiger partial charge on any atom is 0.146 e. The van der Waals surface area contributed by atoms with Gasteiger partial charge in [0, 0.05) is 24.7 Å². The zero-order valence-corrected chi connectivity index (χ0v) is 10.0. The van der Waals surface area contributed by atoms with E-state index in [0.717, 1.165) is 19.4 Å². The Kier molecular flexibility index (Phi) is 3.36. The highest BCUT2D eigenvalue weighted by Crippen LogP contribution is 2.29. The Balaban J connectivity index is 2.02. The van der Waals surface area contributed by atoms with Crippen molar-refractivity contribution >= 4 is 17.3 Å². The van der Waals surface area contributed by atoms with E-state index in [9.17, 15) is 4.39 Å². The third-order valence-electron chi connectivity index (χ3n) is 3.12. The Morgan fingerprint density at radius 1 is 1.50 bits per heavy atom. The molecule has 1 aliphatic carbocycles. The Labute approximate surface area is 100 Å². The molecule has 0 unspecified atom stereocenters. The predicted octanol–water partition coefficient (Wildman–Crippen LogP) is 2.65. The Morgan fingerprint density at radius 2 is 2.19 bits per heavy atom. The molecule has 0 amide bonds. The molecule has 0 aliphatic heterocycles. The molecule has 1 fully saturated rings. The van der Waals surface area contributed by atoms with Crippen molar-refractivity contribution in [2.75, 3.05) is 18.5 Å². The molecule has 88 valence electrons. The molecule has 0 radical (unpaired) electrons. The van der Waals surface area contributed by atoms with Gasteiger partial charge in [-0.25, -0.2) is 4.39 Å². The molecular formula is C12H16ClFN2. The molecule has 0 spiro atoms. The molecule has 1 aliphatic rings. The lowest BCUT2D eigenvalue weighted by Gasteiger charge is -2.36. The molecule has 2 nitrogen and oxygen atoms in total. The van der Waals surface area contributed by atoms with Crippen LogP contribution in [0.25, 0.3) is 0 Å². The largest absolute Gasteiger partial charge is 0.372 e. The minimum Gasteiger partial charge on any atom is -0.372 e. The molecule has 0 saturated heterocycles. The van der Waals surface area contributed by atoms with Crippen molar-refractivity contribution < 1.29 is 4.39 Å². The van der Waals surface area contributed by atoms with Crippen LogP contribution >= 0.6 is 11.6 Å². The van der Waals surface area contributed by atoms with Crippen LogP contribution < -0.4 is 10.6 Å². The van der Waals surface area contributed by atoms with Crippen molar-refractivity contribution in [1.82, 2.24) is 0 Å². The summed E-state index contributed by atoms with van der Waals surface area (Å²) in [6.07, 6.45) is 2.07. The molecule has 1 saturated carbocycles. The first-order valence-corrected chi connectivity index (χ1v) is 5.86. The van der Waals surface area contributed by atoms with E-state index in [2.05, 4.69) is 0 Å². The van der Waals surface area contributed by atoms with E-state index in [1.54, 1.807) is 12.1 Å². The van der Waals surface area contributed by atoms with Crippen molar-refractivity contribution in [2.45, 2.75) is 18.9 Å². The highest BCUT2D eigenvalue weighted by atomic mass is 35.5. The minimum atomic E-state index is -0.226. The van der Waals surface area contributed by atoms with E-state index in [0.29, 0.717) is 22.7 Å². The topological polar surface area (TPSA) is 29.3 Å². The van der Waals surface area contributed by atoms with Gasteiger partial charge >= 0.3 is 0 Å². The van der Waals surface area contributed by atoms with Crippen LogP contribution in [0, 0.1) is 11.7 Å². The van der Waals surface area contributed by atoms with Gasteiger partial charge in [0.1, 0.15) is 5.82 Å². The lowest BCUT2D eigenvalue weighted by Crippen LogP contribution is -2.42. The fourth-order valence-corrected chi connectivity index (χ4v) is 2.37. The second-order valence-corrected chi connectivity index (χ2v) is 5.01. The molecule has 16 heavy (non-hydrogen) atoms. The van der Waals surface area contributed by atoms with Crippen molar-refractivity contribution in [2.24, 2.45) is 11.7 Å². The summed E-state index contributed by atoms with van der Waals surface area (Å²) >= 11 is 5.86. The average Bonchev–Trinajstić information content (AvgIpc) is 2.19. The molecule has 0 bridgehead atoms. The number of benzene rings is 1. The van der Waals surface area contributed by atoms with E-state index >= 15 is 0 Å². The van der Waals surface area contributed by atoms with E-state index in [1.807, 2.05) is 11.9 Å². The van der Waals surface area contributed by atoms with Crippen LogP contribution in [0.4, 0.5) is 10.1 Å². The zero-order valence-electron chi connectivity index (χ0n) is 9.29. The average molecular weight is 243 g/mol. The van der Waals surface area contributed by atoms with Crippen LogP contribution in [0.1, 0.15) is 12.8 Å². The summed E-state index contributed by atoms with van der Waals surface area (Å²) in [5.41, 5.74) is 6.29. The highest BCUT2D eigenvalue weighted by Gasteiger charge is 2.27. The Bertz CT molecular complexity index is 377. The zero-order chi connectivity index (χ0) is 11.7. The van der Waals surface area contributed by atoms with Gasteiger partial charge in [-0.15, -0.1) is 0 Å². The minimum absolute atomic E-state index is 0.226. The van der Waals surface area contributed by atoms with Gasteiger partial charge < -0.3 is 10.6 Å². The quantitative estimate of drug-likeness (QED) is 0.883. The first kappa shape index (κ1) is 11.7. The van der Waals surface area contributed by atoms with Gasteiger partial charge in [-0.3, -0.25) is 0 Å². The second-order valence-electron chi connectivity index (χ2n) is 4.57. The van der Waals surface area contributed by atoms with E-state index in [1.165, 1.54) is 6.07 Å². The number of hydrogen-bond acceptors (Lipinski definition) is 2. The van der Waals surface area contributed by atoms with Crippen LogP contribution in [0.5, 0.6) is 0 Å². The normalized spacial score (nSPS) is 24.0. The SMILES string of the molecule is CN(CC1CC(N)C1)c1cc(Cl)ccc1F. The molecule has 2 rings (SSSR count). The summed E-state index contributed by atoms with van der Waals surface area (Å²) < 4.78 is 13.5. The smallest absolute Gasteiger partial charge is 0.146 e. The van der Waals surface area contributed by atoms with Gasteiger partial charge in [0.2, 0.25) is 0 Å². The fraction of sp³-hybridized carbons (Fsp3) is 0.500. The van der Waals surface area contributed by atoms with Gasteiger partial charge in [0.05, 0.1) is 5.69 Å². The predicted molar refractivity (Wildman–Crippen MR) is 65.4 cm³/mol. The van der Waals surface area contributed by atoms with Gasteiger partial charge in [-0.2, -0.15) is 0 Å². The first-order valence-electron chi connectivity index (χ1n) is 5.48. The van der Waals surface area contributed by atoms with Crippen LogP contribution in [0.2, 0.25) is 5.02 Å². The highest BCUT2D eigenvalue weighted by molar-refractivity contribution is 6.30. The Morgan fingerprint density at radius 3 is 2.81 bits per heavy atom. The first-order chi connectivity index (χ1) is 7.56. The summed E-state index contributed by atoms with van der Waals surface area (Å²) in [6.45, 7) is 0.838. The number of halogens is 2. The number of nitrogens with two attached hydrogens (primary N) is 1. The van der Waals surface area contributed by atoms with Crippen LogP contribution in [-0.4, -0.2) is 19.6 Å². The molecule has 2 N–H and O–H groups in total. The maximum absolute atomic E-state index is 13.5. The van der Waals surface area contributed by atoms with Crippen molar-refractivity contribution in [3.8, 4) is 0 Å². The lowest BCUT2D eigenvalue weighted by molar-refractivity contribution is 0.270. The van der Waals surface area contributed by atoms with Gasteiger partial charge in [-0.1, -0.05) is 11.6 Å². The van der Waals surface area contributed by atoms with E-state index in [-0.39, 0.29) is 5.82 Å². The molecule has 0 aromatic heterocycles. The van der Waals surface area contributed by atoms with Crippen molar-refractivity contribution in [3.63, 3.8) is 0 Å². The summed E-state index contributed by atoms with van der Waals surface area (Å²) in [7, 11) is 1.89. The standard InChI is InChI=1S/C12H16ClFN2/c1-16(7-8-4-10(15)5-8)12-6-9(13)2-3-11(12)14/h2-3,6,8,10H,4-5,7,15H2,1H3. The fourth-order valence-electron chi connectivity index (χ4n) is 2.20. The Hall–Kier alpha value is -0.800. The molecule has 1 aromatic rings. The van der Waals surface area contributed by atoms with Crippen molar-refractivity contribution in [3.05, 3.63) is 29.0 Å². The molecule has 0 atom stereocenters.